The summed E-state index contributed by atoms with van der Waals surface area (Å²) in [6.07, 6.45) is 0.789. The first-order valence-corrected chi connectivity index (χ1v) is 6.40. The van der Waals surface area contributed by atoms with Crippen molar-refractivity contribution in [3.63, 3.8) is 0 Å². The molecular formula is C9H11BrClNOS. The van der Waals surface area contributed by atoms with E-state index in [1.165, 1.54) is 11.3 Å². The van der Waals surface area contributed by atoms with E-state index in [0.717, 1.165) is 15.6 Å². The lowest BCUT2D eigenvalue weighted by atomic mass is 10.3. The molecule has 1 unspecified atom stereocenters. The van der Waals surface area contributed by atoms with E-state index in [2.05, 4.69) is 21.2 Å². The Hall–Kier alpha value is -0.0600. The standard InChI is InChI=1S/C9H11BrClNOS/c1-2-7(10)9(13)12-5-6-3-4-8(11)14-6/h3-4,7H,2,5H2,1H3,(H,12,13). The summed E-state index contributed by atoms with van der Waals surface area (Å²) in [5, 5.41) is 2.83. The van der Waals surface area contributed by atoms with Gasteiger partial charge in [-0.2, -0.15) is 0 Å². The highest BCUT2D eigenvalue weighted by molar-refractivity contribution is 9.10. The number of nitrogens with one attached hydrogen (secondary N) is 1. The molecule has 0 spiro atoms. The molecule has 2 nitrogen and oxygen atoms in total. The molecule has 0 aliphatic rings. The van der Waals surface area contributed by atoms with E-state index < -0.39 is 0 Å². The molecule has 0 fully saturated rings. The molecule has 1 amide bonds. The van der Waals surface area contributed by atoms with Crippen LogP contribution in [-0.2, 0) is 11.3 Å². The maximum atomic E-state index is 11.4. The molecule has 78 valence electrons. The van der Waals surface area contributed by atoms with Crippen molar-refractivity contribution in [2.24, 2.45) is 0 Å². The number of alkyl halides is 1. The fourth-order valence-corrected chi connectivity index (χ4v) is 2.11. The summed E-state index contributed by atoms with van der Waals surface area (Å²) in [6, 6.07) is 3.75. The van der Waals surface area contributed by atoms with E-state index in [9.17, 15) is 4.79 Å². The Bertz CT molecular complexity index is 316. The average Bonchev–Trinajstić information content (AvgIpc) is 2.59. The van der Waals surface area contributed by atoms with Crippen LogP contribution in [0.1, 0.15) is 18.2 Å². The van der Waals surface area contributed by atoms with Crippen molar-refractivity contribution in [3.8, 4) is 0 Å². The Balaban J connectivity index is 2.37. The Morgan fingerprint density at radius 3 is 2.93 bits per heavy atom. The first kappa shape index (κ1) is 12.0. The van der Waals surface area contributed by atoms with Gasteiger partial charge in [0.25, 0.3) is 0 Å². The molecule has 0 aromatic carbocycles. The topological polar surface area (TPSA) is 29.1 Å². The number of hydrogen-bond acceptors (Lipinski definition) is 2. The van der Waals surface area contributed by atoms with Crippen LogP contribution in [0.5, 0.6) is 0 Å². The Labute approximate surface area is 101 Å². The molecule has 0 saturated heterocycles. The lowest BCUT2D eigenvalue weighted by Crippen LogP contribution is -2.29. The molecule has 1 aromatic rings. The van der Waals surface area contributed by atoms with Crippen LogP contribution in [0, 0.1) is 0 Å². The van der Waals surface area contributed by atoms with Crippen LogP contribution in [0.15, 0.2) is 12.1 Å². The van der Waals surface area contributed by atoms with Crippen LogP contribution in [0.3, 0.4) is 0 Å². The van der Waals surface area contributed by atoms with Crippen molar-refractivity contribution in [3.05, 3.63) is 21.3 Å². The Kier molecular flexibility index (Phi) is 4.92. The third-order valence-corrected chi connectivity index (χ3v) is 4.00. The monoisotopic (exact) mass is 295 g/mol. The Morgan fingerprint density at radius 2 is 2.43 bits per heavy atom. The summed E-state index contributed by atoms with van der Waals surface area (Å²) in [6.45, 7) is 2.51. The third kappa shape index (κ3) is 3.59. The number of halogens is 2. The van der Waals surface area contributed by atoms with Crippen molar-refractivity contribution >= 4 is 44.8 Å². The van der Waals surface area contributed by atoms with Gasteiger partial charge in [-0.05, 0) is 18.6 Å². The van der Waals surface area contributed by atoms with Gasteiger partial charge in [-0.25, -0.2) is 0 Å². The summed E-state index contributed by atoms with van der Waals surface area (Å²) < 4.78 is 0.750. The summed E-state index contributed by atoms with van der Waals surface area (Å²) >= 11 is 10.5. The van der Waals surface area contributed by atoms with Crippen LogP contribution in [0.2, 0.25) is 4.34 Å². The van der Waals surface area contributed by atoms with E-state index in [1.54, 1.807) is 0 Å². The second-order valence-corrected chi connectivity index (χ2v) is 5.70. The highest BCUT2D eigenvalue weighted by Crippen LogP contribution is 2.21. The van der Waals surface area contributed by atoms with Crippen molar-refractivity contribution in [2.45, 2.75) is 24.7 Å². The van der Waals surface area contributed by atoms with Gasteiger partial charge in [0.05, 0.1) is 15.7 Å². The first-order chi connectivity index (χ1) is 6.63. The predicted molar refractivity (Wildman–Crippen MR) is 64.2 cm³/mol. The number of amides is 1. The number of carbonyl (C=O) groups excluding carboxylic acids is 1. The van der Waals surface area contributed by atoms with E-state index in [0.29, 0.717) is 6.54 Å². The quantitative estimate of drug-likeness (QED) is 0.850. The fourth-order valence-electron chi connectivity index (χ4n) is 0.917. The van der Waals surface area contributed by atoms with Gasteiger partial charge in [0.15, 0.2) is 0 Å². The van der Waals surface area contributed by atoms with Gasteiger partial charge in [0.1, 0.15) is 0 Å². The highest BCUT2D eigenvalue weighted by atomic mass is 79.9. The molecule has 14 heavy (non-hydrogen) atoms. The largest absolute Gasteiger partial charge is 0.350 e. The lowest BCUT2D eigenvalue weighted by Gasteiger charge is -2.06. The molecule has 1 heterocycles. The molecule has 1 N–H and O–H groups in total. The number of thiophene rings is 1. The van der Waals surface area contributed by atoms with E-state index in [-0.39, 0.29) is 10.7 Å². The molecule has 0 radical (unpaired) electrons. The second-order valence-electron chi connectivity index (χ2n) is 2.80. The zero-order chi connectivity index (χ0) is 10.6. The van der Waals surface area contributed by atoms with Crippen LogP contribution >= 0.6 is 38.9 Å². The zero-order valence-corrected chi connectivity index (χ0v) is 10.9. The third-order valence-electron chi connectivity index (χ3n) is 1.71. The summed E-state index contributed by atoms with van der Waals surface area (Å²) in [7, 11) is 0. The van der Waals surface area contributed by atoms with Crippen LogP contribution in [-0.4, -0.2) is 10.7 Å². The van der Waals surface area contributed by atoms with Gasteiger partial charge in [0, 0.05) is 4.88 Å². The first-order valence-electron chi connectivity index (χ1n) is 4.29. The second kappa shape index (κ2) is 5.73. The van der Waals surface area contributed by atoms with E-state index >= 15 is 0 Å². The van der Waals surface area contributed by atoms with Crippen LogP contribution < -0.4 is 5.32 Å². The fraction of sp³-hybridized carbons (Fsp3) is 0.444. The van der Waals surface area contributed by atoms with Gasteiger partial charge >= 0.3 is 0 Å². The maximum Gasteiger partial charge on any atom is 0.234 e. The average molecular weight is 297 g/mol. The van der Waals surface area contributed by atoms with Gasteiger partial charge in [-0.15, -0.1) is 11.3 Å². The molecule has 0 saturated carbocycles. The SMILES string of the molecule is CCC(Br)C(=O)NCc1ccc(Cl)s1. The molecule has 1 atom stereocenters. The minimum Gasteiger partial charge on any atom is -0.350 e. The molecule has 0 aliphatic heterocycles. The number of rotatable bonds is 4. The molecule has 5 heteroatoms. The summed E-state index contributed by atoms with van der Waals surface area (Å²) in [4.78, 5) is 12.3. The smallest absolute Gasteiger partial charge is 0.234 e. The molecule has 1 rings (SSSR count). The highest BCUT2D eigenvalue weighted by Gasteiger charge is 2.11. The minimum atomic E-state index is -0.0991. The molecule has 1 aromatic heterocycles. The van der Waals surface area contributed by atoms with Gasteiger partial charge in [-0.3, -0.25) is 4.79 Å². The molecule has 0 aliphatic carbocycles. The number of hydrogen-bond donors (Lipinski definition) is 1. The van der Waals surface area contributed by atoms with Gasteiger partial charge < -0.3 is 5.32 Å². The Morgan fingerprint density at radius 1 is 1.71 bits per heavy atom. The van der Waals surface area contributed by atoms with E-state index in [4.69, 9.17) is 11.6 Å². The minimum absolute atomic E-state index is 0.0250. The van der Waals surface area contributed by atoms with Crippen LogP contribution in [0.4, 0.5) is 0 Å². The molecular weight excluding hydrogens is 286 g/mol. The van der Waals surface area contributed by atoms with Crippen LogP contribution in [0.25, 0.3) is 0 Å². The van der Waals surface area contributed by atoms with E-state index in [1.807, 2.05) is 19.1 Å². The van der Waals surface area contributed by atoms with Crippen molar-refractivity contribution in [1.82, 2.24) is 5.32 Å². The molecule has 0 bridgehead atoms. The lowest BCUT2D eigenvalue weighted by molar-refractivity contribution is -0.120. The summed E-state index contributed by atoms with van der Waals surface area (Å²) in [5.74, 6) is 0.0250. The normalized spacial score (nSPS) is 12.5. The van der Waals surface area contributed by atoms with Crippen molar-refractivity contribution < 1.29 is 4.79 Å². The predicted octanol–water partition coefficient (Wildman–Crippen LogP) is 3.19. The van der Waals surface area contributed by atoms with Gasteiger partial charge in [0.2, 0.25) is 5.91 Å². The maximum absolute atomic E-state index is 11.4. The summed E-state index contributed by atoms with van der Waals surface area (Å²) in [5.41, 5.74) is 0. The zero-order valence-electron chi connectivity index (χ0n) is 7.72. The van der Waals surface area contributed by atoms with Crippen molar-refractivity contribution in [1.29, 1.82) is 0 Å². The van der Waals surface area contributed by atoms with Gasteiger partial charge in [-0.1, -0.05) is 34.5 Å². The number of carbonyl (C=O) groups is 1. The van der Waals surface area contributed by atoms with Crippen molar-refractivity contribution in [2.75, 3.05) is 0 Å².